The smallest absolute Gasteiger partial charge is 0.232 e. The molecule has 0 saturated heterocycles. The summed E-state index contributed by atoms with van der Waals surface area (Å²) < 4.78 is 31.5. The lowest BCUT2D eigenvalue weighted by Gasteiger charge is -2.23. The standard InChI is InChI=1S/C19H17ClN2O3S/c1-26(23,24)22(14-15-6-5-11-21-13-15)16-9-10-19(18(20)12-16)25-17-7-3-2-4-8-17/h2-13H,14H2,1H3. The molecule has 26 heavy (non-hydrogen) atoms. The number of hydrogen-bond acceptors (Lipinski definition) is 4. The van der Waals surface area contributed by atoms with Crippen molar-refractivity contribution in [1.29, 1.82) is 0 Å². The van der Waals surface area contributed by atoms with Crippen molar-refractivity contribution in [2.45, 2.75) is 6.54 Å². The van der Waals surface area contributed by atoms with Gasteiger partial charge in [-0.05, 0) is 42.0 Å². The summed E-state index contributed by atoms with van der Waals surface area (Å²) in [5, 5.41) is 0.325. The fourth-order valence-corrected chi connectivity index (χ4v) is 3.49. The third kappa shape index (κ3) is 4.53. The van der Waals surface area contributed by atoms with Gasteiger partial charge in [0.1, 0.15) is 11.5 Å². The summed E-state index contributed by atoms with van der Waals surface area (Å²) in [6.45, 7) is 0.169. The first-order chi connectivity index (χ1) is 12.4. The van der Waals surface area contributed by atoms with Gasteiger partial charge in [0.05, 0.1) is 23.5 Å². The maximum absolute atomic E-state index is 12.3. The summed E-state index contributed by atoms with van der Waals surface area (Å²) in [4.78, 5) is 4.02. The van der Waals surface area contributed by atoms with Gasteiger partial charge in [-0.1, -0.05) is 35.9 Å². The molecule has 7 heteroatoms. The van der Waals surface area contributed by atoms with Crippen LogP contribution in [0.25, 0.3) is 0 Å². The number of benzene rings is 2. The van der Waals surface area contributed by atoms with Crippen molar-refractivity contribution in [2.24, 2.45) is 0 Å². The zero-order chi connectivity index (χ0) is 18.6. The molecule has 0 spiro atoms. The molecule has 134 valence electrons. The van der Waals surface area contributed by atoms with Gasteiger partial charge in [0.15, 0.2) is 0 Å². The minimum atomic E-state index is -3.50. The van der Waals surface area contributed by atoms with Crippen molar-refractivity contribution in [3.05, 3.63) is 83.6 Å². The second-order valence-electron chi connectivity index (χ2n) is 5.66. The molecule has 0 fully saturated rings. The third-order valence-corrected chi connectivity index (χ3v) is 5.06. The van der Waals surface area contributed by atoms with Gasteiger partial charge in [0.25, 0.3) is 0 Å². The van der Waals surface area contributed by atoms with E-state index in [1.807, 2.05) is 36.4 Å². The summed E-state index contributed by atoms with van der Waals surface area (Å²) in [5.74, 6) is 1.11. The van der Waals surface area contributed by atoms with Crippen LogP contribution in [0.2, 0.25) is 5.02 Å². The lowest BCUT2D eigenvalue weighted by atomic mass is 10.2. The molecule has 0 radical (unpaired) electrons. The number of para-hydroxylation sites is 1. The van der Waals surface area contributed by atoms with Gasteiger partial charge in [-0.2, -0.15) is 0 Å². The number of nitrogens with zero attached hydrogens (tertiary/aromatic N) is 2. The molecule has 0 aliphatic heterocycles. The summed E-state index contributed by atoms with van der Waals surface area (Å²) >= 11 is 6.32. The predicted molar refractivity (Wildman–Crippen MR) is 103 cm³/mol. The summed E-state index contributed by atoms with van der Waals surface area (Å²) in [6, 6.07) is 17.7. The Labute approximate surface area is 157 Å². The van der Waals surface area contributed by atoms with Crippen LogP contribution < -0.4 is 9.04 Å². The molecule has 0 aliphatic carbocycles. The van der Waals surface area contributed by atoms with Crippen LogP contribution in [0.3, 0.4) is 0 Å². The number of anilines is 1. The minimum absolute atomic E-state index is 0.169. The van der Waals surface area contributed by atoms with Gasteiger partial charge < -0.3 is 4.74 Å². The quantitative estimate of drug-likeness (QED) is 0.624. The van der Waals surface area contributed by atoms with Crippen LogP contribution in [-0.4, -0.2) is 19.7 Å². The maximum Gasteiger partial charge on any atom is 0.232 e. The molecule has 0 N–H and O–H groups in total. The van der Waals surface area contributed by atoms with E-state index in [1.54, 1.807) is 36.7 Å². The Morgan fingerprint density at radius 2 is 1.85 bits per heavy atom. The number of rotatable bonds is 6. The molecule has 3 aromatic rings. The number of sulfonamides is 1. The molecule has 3 rings (SSSR count). The minimum Gasteiger partial charge on any atom is -0.456 e. The summed E-state index contributed by atoms with van der Waals surface area (Å²) in [5.41, 5.74) is 1.24. The monoisotopic (exact) mass is 388 g/mol. The highest BCUT2D eigenvalue weighted by atomic mass is 35.5. The molecule has 0 aliphatic rings. The van der Waals surface area contributed by atoms with E-state index in [9.17, 15) is 8.42 Å². The Morgan fingerprint density at radius 3 is 2.46 bits per heavy atom. The van der Waals surface area contributed by atoms with Gasteiger partial charge in [-0.25, -0.2) is 8.42 Å². The van der Waals surface area contributed by atoms with E-state index in [0.29, 0.717) is 22.2 Å². The van der Waals surface area contributed by atoms with Crippen LogP contribution in [0.4, 0.5) is 5.69 Å². The van der Waals surface area contributed by atoms with E-state index in [1.165, 1.54) is 4.31 Å². The van der Waals surface area contributed by atoms with Crippen LogP contribution in [0.15, 0.2) is 73.1 Å². The van der Waals surface area contributed by atoms with Gasteiger partial charge in [-0.3, -0.25) is 9.29 Å². The Morgan fingerprint density at radius 1 is 1.08 bits per heavy atom. The van der Waals surface area contributed by atoms with E-state index in [-0.39, 0.29) is 6.54 Å². The molecule has 1 heterocycles. The number of ether oxygens (including phenoxy) is 1. The van der Waals surface area contributed by atoms with E-state index in [4.69, 9.17) is 16.3 Å². The number of hydrogen-bond donors (Lipinski definition) is 0. The second-order valence-corrected chi connectivity index (χ2v) is 7.97. The van der Waals surface area contributed by atoms with Crippen molar-refractivity contribution >= 4 is 27.3 Å². The molecule has 0 saturated carbocycles. The largest absolute Gasteiger partial charge is 0.456 e. The highest BCUT2D eigenvalue weighted by Crippen LogP contribution is 2.34. The van der Waals surface area contributed by atoms with Gasteiger partial charge >= 0.3 is 0 Å². The highest BCUT2D eigenvalue weighted by molar-refractivity contribution is 7.92. The van der Waals surface area contributed by atoms with Crippen LogP contribution in [0, 0.1) is 0 Å². The Hall–Kier alpha value is -2.57. The van der Waals surface area contributed by atoms with E-state index in [0.717, 1.165) is 11.8 Å². The third-order valence-electron chi connectivity index (χ3n) is 3.62. The fourth-order valence-electron chi connectivity index (χ4n) is 2.40. The number of halogens is 1. The van der Waals surface area contributed by atoms with Crippen molar-refractivity contribution in [1.82, 2.24) is 4.98 Å². The van der Waals surface area contributed by atoms with Crippen molar-refractivity contribution < 1.29 is 13.2 Å². The Kier molecular flexibility index (Phi) is 5.44. The van der Waals surface area contributed by atoms with Crippen molar-refractivity contribution in [3.63, 3.8) is 0 Å². The lowest BCUT2D eigenvalue weighted by Crippen LogP contribution is -2.29. The van der Waals surface area contributed by atoms with Gasteiger partial charge in [0, 0.05) is 12.4 Å². The summed E-state index contributed by atoms with van der Waals surface area (Å²) in [7, 11) is -3.50. The average molecular weight is 389 g/mol. The Bertz CT molecular complexity index is 980. The topological polar surface area (TPSA) is 59.5 Å². The molecular formula is C19H17ClN2O3S. The highest BCUT2D eigenvalue weighted by Gasteiger charge is 2.19. The lowest BCUT2D eigenvalue weighted by molar-refractivity contribution is 0.483. The molecular weight excluding hydrogens is 372 g/mol. The SMILES string of the molecule is CS(=O)(=O)N(Cc1cccnc1)c1ccc(Oc2ccccc2)c(Cl)c1. The molecule has 5 nitrogen and oxygen atoms in total. The molecule has 0 atom stereocenters. The van der Waals surface area contributed by atoms with Crippen LogP contribution in [-0.2, 0) is 16.6 Å². The molecule has 0 bridgehead atoms. The van der Waals surface area contributed by atoms with E-state index >= 15 is 0 Å². The van der Waals surface area contributed by atoms with Crippen LogP contribution in [0.5, 0.6) is 11.5 Å². The fraction of sp³-hybridized carbons (Fsp3) is 0.105. The normalized spacial score (nSPS) is 11.2. The van der Waals surface area contributed by atoms with Crippen LogP contribution >= 0.6 is 11.6 Å². The van der Waals surface area contributed by atoms with Crippen LogP contribution in [0.1, 0.15) is 5.56 Å². The first kappa shape index (κ1) is 18.2. The predicted octanol–water partition coefficient (Wildman–Crippen LogP) is 4.49. The second kappa shape index (κ2) is 7.76. The van der Waals surface area contributed by atoms with Crippen molar-refractivity contribution in [2.75, 3.05) is 10.6 Å². The number of aromatic nitrogens is 1. The maximum atomic E-state index is 12.3. The van der Waals surface area contributed by atoms with Crippen molar-refractivity contribution in [3.8, 4) is 11.5 Å². The molecule has 0 amide bonds. The average Bonchev–Trinajstić information content (AvgIpc) is 2.62. The molecule has 0 unspecified atom stereocenters. The zero-order valence-electron chi connectivity index (χ0n) is 14.0. The van der Waals surface area contributed by atoms with Gasteiger partial charge in [0.2, 0.25) is 10.0 Å². The zero-order valence-corrected chi connectivity index (χ0v) is 15.6. The molecule has 1 aromatic heterocycles. The molecule has 2 aromatic carbocycles. The summed E-state index contributed by atoms with van der Waals surface area (Å²) in [6.07, 6.45) is 4.43. The first-order valence-electron chi connectivity index (χ1n) is 7.82. The Balaban J connectivity index is 1.89. The number of pyridine rings is 1. The van der Waals surface area contributed by atoms with E-state index < -0.39 is 10.0 Å². The van der Waals surface area contributed by atoms with Gasteiger partial charge in [-0.15, -0.1) is 0 Å². The van der Waals surface area contributed by atoms with E-state index in [2.05, 4.69) is 4.98 Å². The first-order valence-corrected chi connectivity index (χ1v) is 10.1.